The summed E-state index contributed by atoms with van der Waals surface area (Å²) in [5, 5.41) is 0. The molecule has 9 nitrogen and oxygen atoms in total. The normalized spacial score (nSPS) is 19.0. The van der Waals surface area contributed by atoms with Gasteiger partial charge in [-0.05, 0) is 19.1 Å². The van der Waals surface area contributed by atoms with Gasteiger partial charge in [-0.2, -0.15) is 0 Å². The molecule has 0 saturated carbocycles. The van der Waals surface area contributed by atoms with Gasteiger partial charge in [-0.3, -0.25) is 21.4 Å². The Kier molecular flexibility index (Phi) is 8.37. The molecule has 4 aliphatic rings. The molecule has 0 atom stereocenters. The molecular formula is C19H22ClN4NaO5S. The maximum atomic E-state index is 12.4. The molecule has 1 aliphatic carbocycles. The van der Waals surface area contributed by atoms with Gasteiger partial charge in [0.05, 0.1) is 5.70 Å². The molecule has 3 heterocycles. The van der Waals surface area contributed by atoms with Gasteiger partial charge >= 0.3 is 29.6 Å². The Balaban J connectivity index is 0.000000220. The molecule has 3 fully saturated rings. The minimum atomic E-state index is -3.62. The topological polar surface area (TPSA) is 123 Å². The third kappa shape index (κ3) is 5.89. The quantitative estimate of drug-likeness (QED) is 0.263. The fourth-order valence-corrected chi connectivity index (χ4v) is 3.82. The number of halogens is 1. The monoisotopic (exact) mass is 476 g/mol. The van der Waals surface area contributed by atoms with E-state index in [0.717, 1.165) is 44.8 Å². The van der Waals surface area contributed by atoms with E-state index >= 15 is 0 Å². The standard InChI is InChI=1S/C12H13N3O2.C7H7ClNO2S.Na.H2O/c16-9-7-8(13-1-2-13)12(17)11(15-5-6-15)10(9)14-3-4-14;1-6-2-4-7(5-3-6)12(10,11)9-8;;/h7H,1-6H2;2-5H,1H3;;1H2/q;-1;+1;. The van der Waals surface area contributed by atoms with E-state index in [-0.39, 0.29) is 51.5 Å². The third-order valence-electron chi connectivity index (χ3n) is 4.90. The molecule has 0 unspecified atom stereocenters. The Hall–Kier alpha value is -1.40. The molecule has 5 rings (SSSR count). The second-order valence-corrected chi connectivity index (χ2v) is 9.21. The number of sulfonamides is 1. The van der Waals surface area contributed by atoms with E-state index < -0.39 is 10.0 Å². The summed E-state index contributed by atoms with van der Waals surface area (Å²) < 4.78 is 24.8. The minimum Gasteiger partial charge on any atom is -0.458 e. The first-order valence-electron chi connectivity index (χ1n) is 9.26. The summed E-state index contributed by atoms with van der Waals surface area (Å²) in [6.45, 7) is 7.28. The fourth-order valence-electron chi connectivity index (χ4n) is 3.03. The molecule has 0 spiro atoms. The summed E-state index contributed by atoms with van der Waals surface area (Å²) in [6.07, 6.45) is 1.52. The molecule has 1 aromatic carbocycles. The van der Waals surface area contributed by atoms with Crippen molar-refractivity contribution in [3.8, 4) is 0 Å². The summed E-state index contributed by atoms with van der Waals surface area (Å²) in [7, 11) is -3.62. The van der Waals surface area contributed by atoms with Crippen LogP contribution in [0.3, 0.4) is 0 Å². The molecule has 12 heteroatoms. The van der Waals surface area contributed by atoms with Gasteiger partial charge in [-0.1, -0.05) is 17.7 Å². The van der Waals surface area contributed by atoms with Gasteiger partial charge in [0, 0.05) is 50.2 Å². The average Bonchev–Trinajstić information content (AvgIpc) is 3.56. The number of carbonyl (C=O) groups excluding carboxylic acids is 2. The van der Waals surface area contributed by atoms with Crippen molar-refractivity contribution in [2.45, 2.75) is 11.8 Å². The van der Waals surface area contributed by atoms with E-state index in [1.807, 2.05) is 21.6 Å². The molecule has 0 bridgehead atoms. The number of benzene rings is 1. The van der Waals surface area contributed by atoms with Crippen LogP contribution in [0.1, 0.15) is 5.56 Å². The van der Waals surface area contributed by atoms with E-state index in [1.54, 1.807) is 12.1 Å². The molecule has 1 aromatic rings. The summed E-state index contributed by atoms with van der Waals surface area (Å²) >= 11 is 4.90. The van der Waals surface area contributed by atoms with Gasteiger partial charge in [0.1, 0.15) is 21.4 Å². The Labute approximate surface area is 208 Å². The number of aryl methyl sites for hydroxylation is 1. The van der Waals surface area contributed by atoms with Crippen LogP contribution >= 0.6 is 11.8 Å². The molecule has 2 N–H and O–H groups in total. The zero-order valence-corrected chi connectivity index (χ0v) is 20.9. The fraction of sp³-hybridized carbons (Fsp3) is 0.368. The molecule has 0 amide bonds. The van der Waals surface area contributed by atoms with E-state index in [1.165, 1.54) is 18.2 Å². The van der Waals surface area contributed by atoms with Crippen LogP contribution in [0, 0.1) is 6.92 Å². The summed E-state index contributed by atoms with van der Waals surface area (Å²) in [5.41, 5.74) is 2.88. The first-order chi connectivity index (χ1) is 13.8. The molecule has 0 radical (unpaired) electrons. The van der Waals surface area contributed by atoms with Gasteiger partial charge in [-0.15, -0.1) is 0 Å². The molecule has 3 aliphatic heterocycles. The predicted molar refractivity (Wildman–Crippen MR) is 111 cm³/mol. The number of hydrogen-bond acceptors (Lipinski definition) is 7. The van der Waals surface area contributed by atoms with Crippen molar-refractivity contribution in [1.29, 1.82) is 0 Å². The smallest absolute Gasteiger partial charge is 0.458 e. The van der Waals surface area contributed by atoms with E-state index in [4.69, 9.17) is 11.8 Å². The van der Waals surface area contributed by atoms with Crippen LogP contribution in [-0.2, 0) is 19.6 Å². The largest absolute Gasteiger partial charge is 1.00 e. The maximum Gasteiger partial charge on any atom is 1.00 e. The average molecular weight is 477 g/mol. The Morgan fingerprint density at radius 2 is 1.35 bits per heavy atom. The molecule has 162 valence electrons. The Bertz CT molecular complexity index is 1030. The first-order valence-corrected chi connectivity index (χ1v) is 11.0. The van der Waals surface area contributed by atoms with Crippen LogP contribution < -0.4 is 29.6 Å². The van der Waals surface area contributed by atoms with Crippen LogP contribution in [-0.4, -0.2) is 79.4 Å². The maximum absolute atomic E-state index is 12.4. The van der Waals surface area contributed by atoms with Crippen LogP contribution in [0.5, 0.6) is 0 Å². The molecule has 0 aromatic heterocycles. The predicted octanol–water partition coefficient (Wildman–Crippen LogP) is -2.43. The van der Waals surface area contributed by atoms with Crippen molar-refractivity contribution in [3.05, 3.63) is 57.2 Å². The summed E-state index contributed by atoms with van der Waals surface area (Å²) in [6, 6.07) is 6.32. The number of Topliss-reactive ketones (excluding diaryl/α,β-unsaturated/α-hetero) is 1. The zero-order valence-electron chi connectivity index (χ0n) is 17.3. The van der Waals surface area contributed by atoms with Crippen molar-refractivity contribution < 1.29 is 53.0 Å². The second-order valence-electron chi connectivity index (χ2n) is 7.24. The van der Waals surface area contributed by atoms with Crippen LogP contribution in [0.15, 0.2) is 52.3 Å². The van der Waals surface area contributed by atoms with E-state index in [2.05, 4.69) is 4.24 Å². The minimum absolute atomic E-state index is 0. The van der Waals surface area contributed by atoms with Crippen molar-refractivity contribution in [3.63, 3.8) is 0 Å². The van der Waals surface area contributed by atoms with Crippen LogP contribution in [0.4, 0.5) is 0 Å². The van der Waals surface area contributed by atoms with E-state index in [0.29, 0.717) is 17.1 Å². The number of rotatable bonds is 5. The van der Waals surface area contributed by atoms with Crippen molar-refractivity contribution in [2.24, 2.45) is 0 Å². The van der Waals surface area contributed by atoms with E-state index in [9.17, 15) is 18.0 Å². The van der Waals surface area contributed by atoms with Gasteiger partial charge in [0.2, 0.25) is 11.6 Å². The van der Waals surface area contributed by atoms with Gasteiger partial charge in [0.15, 0.2) is 0 Å². The third-order valence-corrected chi connectivity index (χ3v) is 6.49. The molecular weight excluding hydrogens is 455 g/mol. The second kappa shape index (κ2) is 10.0. The van der Waals surface area contributed by atoms with Gasteiger partial charge < -0.3 is 24.4 Å². The van der Waals surface area contributed by atoms with Gasteiger partial charge in [0.25, 0.3) is 0 Å². The van der Waals surface area contributed by atoms with Crippen molar-refractivity contribution in [2.75, 3.05) is 39.3 Å². The zero-order chi connectivity index (χ0) is 20.8. The number of carbonyl (C=O) groups is 2. The van der Waals surface area contributed by atoms with Gasteiger partial charge in [-0.25, -0.2) is 8.42 Å². The Morgan fingerprint density at radius 1 is 0.871 bits per heavy atom. The van der Waals surface area contributed by atoms with Crippen molar-refractivity contribution >= 4 is 33.4 Å². The number of allylic oxidation sites excluding steroid dienone is 1. The number of hydrogen-bond donors (Lipinski definition) is 0. The molecule has 3 saturated heterocycles. The summed E-state index contributed by atoms with van der Waals surface area (Å²) in [5.74, 6) is 0.0485. The van der Waals surface area contributed by atoms with Crippen LogP contribution in [0.2, 0.25) is 0 Å². The summed E-state index contributed by atoms with van der Waals surface area (Å²) in [4.78, 5) is 30.6. The number of nitrogens with zero attached hydrogens (tertiary/aromatic N) is 4. The molecule has 31 heavy (non-hydrogen) atoms. The van der Waals surface area contributed by atoms with Crippen LogP contribution in [0.25, 0.3) is 4.24 Å². The Morgan fingerprint density at radius 3 is 1.81 bits per heavy atom. The first kappa shape index (κ1) is 25.9. The van der Waals surface area contributed by atoms with Crippen molar-refractivity contribution in [1.82, 2.24) is 14.7 Å². The SMILES string of the molecule is Cc1ccc(S(=O)(=O)[N-]Cl)cc1.O.O=C1C=C(N2CC2)C(=O)C(N2CC2)=C1N1CC1.[Na+]. The number of ketones is 2.